The third kappa shape index (κ3) is 4.39. The fraction of sp³-hybridized carbons (Fsp3) is 0.700. The van der Waals surface area contributed by atoms with Gasteiger partial charge in [0.15, 0.2) is 0 Å². The zero-order valence-corrected chi connectivity index (χ0v) is 9.22. The van der Waals surface area contributed by atoms with Gasteiger partial charge < -0.3 is 20.3 Å². The predicted octanol–water partition coefficient (Wildman–Crippen LogP) is -0.400. The van der Waals surface area contributed by atoms with Crippen LogP contribution in [-0.2, 0) is 19.1 Å². The summed E-state index contributed by atoms with van der Waals surface area (Å²) in [5, 5.41) is 19.4. The van der Waals surface area contributed by atoms with E-state index in [1.54, 1.807) is 0 Å². The number of rotatable bonds is 5. The van der Waals surface area contributed by atoms with Gasteiger partial charge in [-0.3, -0.25) is 9.59 Å². The highest BCUT2D eigenvalue weighted by atomic mass is 16.5. The number of hydrogen-bond acceptors (Lipinski definition) is 4. The SMILES string of the molecule is O=C(O)C[C@@H](NC(=O)C1CCCCO1)C(=O)O. The lowest BCUT2D eigenvalue weighted by Gasteiger charge is -2.23. The zero-order valence-electron chi connectivity index (χ0n) is 9.22. The van der Waals surface area contributed by atoms with E-state index in [0.717, 1.165) is 12.8 Å². The Morgan fingerprint density at radius 1 is 1.29 bits per heavy atom. The molecule has 0 saturated carbocycles. The van der Waals surface area contributed by atoms with Crippen LogP contribution in [0.25, 0.3) is 0 Å². The van der Waals surface area contributed by atoms with E-state index in [1.165, 1.54) is 0 Å². The van der Waals surface area contributed by atoms with Crippen molar-refractivity contribution in [1.29, 1.82) is 0 Å². The molecule has 0 bridgehead atoms. The highest BCUT2D eigenvalue weighted by Gasteiger charge is 2.28. The van der Waals surface area contributed by atoms with Crippen LogP contribution in [0, 0.1) is 0 Å². The van der Waals surface area contributed by atoms with Gasteiger partial charge in [-0.1, -0.05) is 0 Å². The van der Waals surface area contributed by atoms with Crippen LogP contribution in [0.2, 0.25) is 0 Å². The number of carboxylic acid groups (broad SMARTS) is 2. The molecule has 1 unspecified atom stereocenters. The Bertz CT molecular complexity index is 310. The summed E-state index contributed by atoms with van der Waals surface area (Å²) in [4.78, 5) is 32.8. The van der Waals surface area contributed by atoms with Crippen molar-refractivity contribution >= 4 is 17.8 Å². The van der Waals surface area contributed by atoms with Crippen molar-refractivity contribution in [2.24, 2.45) is 0 Å². The van der Waals surface area contributed by atoms with E-state index in [1.807, 2.05) is 0 Å². The molecule has 0 aromatic rings. The van der Waals surface area contributed by atoms with E-state index in [2.05, 4.69) is 5.32 Å². The predicted molar refractivity (Wildman–Crippen MR) is 55.4 cm³/mol. The fourth-order valence-corrected chi connectivity index (χ4v) is 1.59. The van der Waals surface area contributed by atoms with Crippen molar-refractivity contribution in [2.45, 2.75) is 37.8 Å². The second-order valence-electron chi connectivity index (χ2n) is 3.85. The number of aliphatic carboxylic acids is 2. The van der Waals surface area contributed by atoms with Gasteiger partial charge in [0.2, 0.25) is 5.91 Å². The first-order valence-electron chi connectivity index (χ1n) is 5.37. The molecule has 3 N–H and O–H groups in total. The number of ether oxygens (including phenoxy) is 1. The largest absolute Gasteiger partial charge is 0.481 e. The smallest absolute Gasteiger partial charge is 0.326 e. The molecular weight excluding hydrogens is 230 g/mol. The Hall–Kier alpha value is -1.63. The second kappa shape index (κ2) is 6.19. The monoisotopic (exact) mass is 245 g/mol. The van der Waals surface area contributed by atoms with Crippen LogP contribution >= 0.6 is 0 Å². The topological polar surface area (TPSA) is 113 Å². The quantitative estimate of drug-likeness (QED) is 0.607. The summed E-state index contributed by atoms with van der Waals surface area (Å²) in [5.41, 5.74) is 0. The minimum absolute atomic E-state index is 0.467. The van der Waals surface area contributed by atoms with Gasteiger partial charge in [-0.15, -0.1) is 0 Å². The maximum atomic E-state index is 11.6. The third-order valence-electron chi connectivity index (χ3n) is 2.47. The maximum Gasteiger partial charge on any atom is 0.326 e. The highest BCUT2D eigenvalue weighted by molar-refractivity contribution is 5.88. The van der Waals surface area contributed by atoms with Crippen LogP contribution in [0.3, 0.4) is 0 Å². The van der Waals surface area contributed by atoms with Gasteiger partial charge in [-0.2, -0.15) is 0 Å². The van der Waals surface area contributed by atoms with Crippen LogP contribution in [0.1, 0.15) is 25.7 Å². The average Bonchev–Trinajstić information content (AvgIpc) is 2.28. The molecule has 1 rings (SSSR count). The van der Waals surface area contributed by atoms with Crippen molar-refractivity contribution < 1.29 is 29.3 Å². The molecule has 7 nitrogen and oxygen atoms in total. The standard InChI is InChI=1S/C10H15NO6/c12-8(13)5-6(10(15)16)11-9(14)7-3-1-2-4-17-7/h6-7H,1-5H2,(H,11,14)(H,12,13)(H,15,16)/t6-,7?/m1/s1. The van der Waals surface area contributed by atoms with E-state index >= 15 is 0 Å². The van der Waals surface area contributed by atoms with E-state index < -0.39 is 36.4 Å². The second-order valence-corrected chi connectivity index (χ2v) is 3.85. The maximum absolute atomic E-state index is 11.6. The lowest BCUT2D eigenvalue weighted by Crippen LogP contribution is -2.47. The normalized spacial score (nSPS) is 21.5. The lowest BCUT2D eigenvalue weighted by atomic mass is 10.1. The number of nitrogens with one attached hydrogen (secondary N) is 1. The molecule has 0 spiro atoms. The molecule has 0 aliphatic carbocycles. The average molecular weight is 245 g/mol. The van der Waals surface area contributed by atoms with Crippen LogP contribution in [0.5, 0.6) is 0 Å². The molecule has 0 aromatic carbocycles. The molecule has 1 aliphatic heterocycles. The zero-order chi connectivity index (χ0) is 12.8. The molecule has 1 heterocycles. The summed E-state index contributed by atoms with van der Waals surface area (Å²) >= 11 is 0. The Morgan fingerprint density at radius 2 is 2.00 bits per heavy atom. The van der Waals surface area contributed by atoms with Crippen molar-refractivity contribution in [2.75, 3.05) is 6.61 Å². The Balaban J connectivity index is 2.50. The van der Waals surface area contributed by atoms with Crippen LogP contribution in [0.15, 0.2) is 0 Å². The fourth-order valence-electron chi connectivity index (χ4n) is 1.59. The molecule has 17 heavy (non-hydrogen) atoms. The van der Waals surface area contributed by atoms with Crippen molar-refractivity contribution in [1.82, 2.24) is 5.32 Å². The van der Waals surface area contributed by atoms with Gasteiger partial charge in [0.05, 0.1) is 6.42 Å². The van der Waals surface area contributed by atoms with Crippen LogP contribution in [-0.4, -0.2) is 46.8 Å². The van der Waals surface area contributed by atoms with Crippen LogP contribution in [0.4, 0.5) is 0 Å². The van der Waals surface area contributed by atoms with E-state index in [-0.39, 0.29) is 0 Å². The minimum atomic E-state index is -1.41. The summed E-state index contributed by atoms with van der Waals surface area (Å²) < 4.78 is 5.17. The summed E-state index contributed by atoms with van der Waals surface area (Å²) in [6.07, 6.45) is 0.939. The van der Waals surface area contributed by atoms with Crippen molar-refractivity contribution in [3.8, 4) is 0 Å². The molecule has 1 aliphatic rings. The summed E-state index contributed by atoms with van der Waals surface area (Å²) in [5.74, 6) is -3.20. The summed E-state index contributed by atoms with van der Waals surface area (Å²) in [6, 6.07) is -1.41. The highest BCUT2D eigenvalue weighted by Crippen LogP contribution is 2.13. The number of carbonyl (C=O) groups is 3. The van der Waals surface area contributed by atoms with Gasteiger partial charge in [-0.25, -0.2) is 4.79 Å². The molecule has 0 aromatic heterocycles. The molecule has 0 radical (unpaired) electrons. The molecule has 7 heteroatoms. The molecule has 1 saturated heterocycles. The first kappa shape index (κ1) is 13.4. The van der Waals surface area contributed by atoms with Crippen molar-refractivity contribution in [3.63, 3.8) is 0 Å². The first-order valence-corrected chi connectivity index (χ1v) is 5.37. The number of hydrogen-bond donors (Lipinski definition) is 3. The number of carbonyl (C=O) groups excluding carboxylic acids is 1. The van der Waals surface area contributed by atoms with Gasteiger partial charge in [0.25, 0.3) is 0 Å². The third-order valence-corrected chi connectivity index (χ3v) is 2.47. The van der Waals surface area contributed by atoms with E-state index in [9.17, 15) is 14.4 Å². The number of amides is 1. The van der Waals surface area contributed by atoms with Gasteiger partial charge in [-0.05, 0) is 19.3 Å². The Morgan fingerprint density at radius 3 is 2.47 bits per heavy atom. The van der Waals surface area contributed by atoms with Gasteiger partial charge >= 0.3 is 11.9 Å². The molecule has 1 fully saturated rings. The van der Waals surface area contributed by atoms with Crippen molar-refractivity contribution in [3.05, 3.63) is 0 Å². The molecule has 96 valence electrons. The van der Waals surface area contributed by atoms with E-state index in [0.29, 0.717) is 13.0 Å². The Labute approximate surface area is 97.8 Å². The first-order chi connectivity index (χ1) is 8.00. The van der Waals surface area contributed by atoms with Gasteiger partial charge in [0, 0.05) is 6.61 Å². The summed E-state index contributed by atoms with van der Waals surface area (Å²) in [6.45, 7) is 0.467. The summed E-state index contributed by atoms with van der Waals surface area (Å²) in [7, 11) is 0. The molecular formula is C10H15NO6. The van der Waals surface area contributed by atoms with Crippen LogP contribution < -0.4 is 5.32 Å². The van der Waals surface area contributed by atoms with Gasteiger partial charge in [0.1, 0.15) is 12.1 Å². The molecule has 2 atom stereocenters. The lowest BCUT2D eigenvalue weighted by molar-refractivity contribution is -0.149. The number of carboxylic acids is 2. The van der Waals surface area contributed by atoms with E-state index in [4.69, 9.17) is 14.9 Å². The Kier molecular flexibility index (Phi) is 4.89. The minimum Gasteiger partial charge on any atom is -0.481 e. The molecule has 1 amide bonds.